The highest BCUT2D eigenvalue weighted by Gasteiger charge is 2.11. The van der Waals surface area contributed by atoms with Gasteiger partial charge in [0, 0.05) is 15.7 Å². The molecule has 0 fully saturated rings. The summed E-state index contributed by atoms with van der Waals surface area (Å²) in [6, 6.07) is 8.84. The van der Waals surface area contributed by atoms with Crippen molar-refractivity contribution in [3.63, 3.8) is 0 Å². The second-order valence-electron chi connectivity index (χ2n) is 4.22. The van der Waals surface area contributed by atoms with E-state index in [9.17, 15) is 4.39 Å². The Kier molecular flexibility index (Phi) is 3.97. The lowest BCUT2D eigenvalue weighted by molar-refractivity contribution is 0.599. The van der Waals surface area contributed by atoms with Gasteiger partial charge in [-0.25, -0.2) is 4.39 Å². The van der Waals surface area contributed by atoms with Gasteiger partial charge in [-0.05, 0) is 38.1 Å². The van der Waals surface area contributed by atoms with Gasteiger partial charge in [-0.3, -0.25) is 4.98 Å². The molecule has 0 aliphatic carbocycles. The average molecular weight is 309 g/mol. The Balaban J connectivity index is 2.16. The number of aryl methyl sites for hydroxylation is 1. The number of aromatic nitrogens is 1. The van der Waals surface area contributed by atoms with E-state index in [2.05, 4.69) is 26.2 Å². The van der Waals surface area contributed by atoms with Crippen LogP contribution in [0.4, 0.5) is 10.1 Å². The zero-order valence-electron chi connectivity index (χ0n) is 10.2. The molecule has 18 heavy (non-hydrogen) atoms. The molecule has 1 N–H and O–H groups in total. The number of anilines is 1. The van der Waals surface area contributed by atoms with Gasteiger partial charge in [-0.2, -0.15) is 0 Å². The van der Waals surface area contributed by atoms with Crippen LogP contribution >= 0.6 is 15.9 Å². The third kappa shape index (κ3) is 3.07. The van der Waals surface area contributed by atoms with Gasteiger partial charge < -0.3 is 5.32 Å². The van der Waals surface area contributed by atoms with E-state index in [1.54, 1.807) is 12.3 Å². The fraction of sp³-hybridized carbons (Fsp3) is 0.214. The molecule has 0 radical (unpaired) electrons. The molecule has 1 heterocycles. The molecule has 1 aromatic heterocycles. The molecule has 0 saturated heterocycles. The molecule has 0 aliphatic rings. The van der Waals surface area contributed by atoms with Crippen LogP contribution in [0.1, 0.15) is 24.2 Å². The number of hydrogen-bond acceptors (Lipinski definition) is 2. The summed E-state index contributed by atoms with van der Waals surface area (Å²) in [4.78, 5) is 4.20. The van der Waals surface area contributed by atoms with Gasteiger partial charge in [0.15, 0.2) is 0 Å². The molecule has 0 bridgehead atoms. The molecule has 1 atom stereocenters. The second-order valence-corrected chi connectivity index (χ2v) is 5.14. The number of halogens is 2. The molecule has 0 aliphatic heterocycles. The van der Waals surface area contributed by atoms with Crippen molar-refractivity contribution in [3.8, 4) is 0 Å². The summed E-state index contributed by atoms with van der Waals surface area (Å²) in [5.41, 5.74) is 2.48. The van der Waals surface area contributed by atoms with E-state index < -0.39 is 0 Å². The summed E-state index contributed by atoms with van der Waals surface area (Å²) in [5.74, 6) is -0.218. The maximum atomic E-state index is 13.8. The van der Waals surface area contributed by atoms with Crippen molar-refractivity contribution in [3.05, 3.63) is 58.1 Å². The molecule has 1 unspecified atom stereocenters. The highest BCUT2D eigenvalue weighted by molar-refractivity contribution is 9.10. The smallest absolute Gasteiger partial charge is 0.129 e. The molecule has 4 heteroatoms. The number of benzene rings is 1. The monoisotopic (exact) mass is 308 g/mol. The first-order valence-corrected chi connectivity index (χ1v) is 6.49. The average Bonchev–Trinajstić information content (AvgIpc) is 2.32. The van der Waals surface area contributed by atoms with Gasteiger partial charge in [-0.15, -0.1) is 0 Å². The largest absolute Gasteiger partial charge is 0.377 e. The summed E-state index contributed by atoms with van der Waals surface area (Å²) in [6.45, 7) is 3.85. The van der Waals surface area contributed by atoms with E-state index in [0.29, 0.717) is 5.56 Å². The molecule has 94 valence electrons. The Labute approximate surface area is 114 Å². The Morgan fingerprint density at radius 3 is 2.67 bits per heavy atom. The van der Waals surface area contributed by atoms with Crippen LogP contribution in [0.5, 0.6) is 0 Å². The van der Waals surface area contributed by atoms with Gasteiger partial charge in [0.1, 0.15) is 5.82 Å². The Morgan fingerprint density at radius 1 is 1.28 bits per heavy atom. The molecule has 0 amide bonds. The zero-order valence-corrected chi connectivity index (χ0v) is 11.8. The number of nitrogens with one attached hydrogen (secondary N) is 1. The first-order valence-electron chi connectivity index (χ1n) is 5.70. The summed E-state index contributed by atoms with van der Waals surface area (Å²) in [7, 11) is 0. The maximum Gasteiger partial charge on any atom is 0.129 e. The molecule has 2 aromatic rings. The molecule has 1 aromatic carbocycles. The van der Waals surface area contributed by atoms with Crippen LogP contribution in [0.15, 0.2) is 41.0 Å². The minimum absolute atomic E-state index is 0.109. The number of rotatable bonds is 3. The van der Waals surface area contributed by atoms with Crippen LogP contribution in [-0.4, -0.2) is 4.98 Å². The molecule has 2 rings (SSSR count). The lowest BCUT2D eigenvalue weighted by Crippen LogP contribution is -2.08. The fourth-order valence-electron chi connectivity index (χ4n) is 1.73. The predicted octanol–water partition coefficient (Wildman–Crippen LogP) is 4.46. The van der Waals surface area contributed by atoms with E-state index >= 15 is 0 Å². The standard InChI is InChI=1S/C14H14BrFN2/c1-9-3-5-12(8-17-9)18-10(2)13-6-4-11(15)7-14(13)16/h3-8,10,18H,1-2H3. The highest BCUT2D eigenvalue weighted by Crippen LogP contribution is 2.23. The van der Waals surface area contributed by atoms with Gasteiger partial charge >= 0.3 is 0 Å². The van der Waals surface area contributed by atoms with Crippen LogP contribution in [0.25, 0.3) is 0 Å². The van der Waals surface area contributed by atoms with Gasteiger partial charge in [0.2, 0.25) is 0 Å². The number of pyridine rings is 1. The van der Waals surface area contributed by atoms with E-state index in [0.717, 1.165) is 15.9 Å². The third-order valence-electron chi connectivity index (χ3n) is 2.72. The van der Waals surface area contributed by atoms with Crippen LogP contribution in [-0.2, 0) is 0 Å². The number of nitrogens with zero attached hydrogens (tertiary/aromatic N) is 1. The minimum Gasteiger partial charge on any atom is -0.377 e. The van der Waals surface area contributed by atoms with Crippen molar-refractivity contribution in [1.29, 1.82) is 0 Å². The number of hydrogen-bond donors (Lipinski definition) is 1. The van der Waals surface area contributed by atoms with Crippen molar-refractivity contribution in [2.45, 2.75) is 19.9 Å². The van der Waals surface area contributed by atoms with E-state index in [4.69, 9.17) is 0 Å². The Bertz CT molecular complexity index is 540. The molecule has 2 nitrogen and oxygen atoms in total. The van der Waals surface area contributed by atoms with Gasteiger partial charge in [-0.1, -0.05) is 22.0 Å². The lowest BCUT2D eigenvalue weighted by Gasteiger charge is -2.16. The molecular weight excluding hydrogens is 295 g/mol. The summed E-state index contributed by atoms with van der Waals surface area (Å²) >= 11 is 3.25. The van der Waals surface area contributed by atoms with Crippen LogP contribution < -0.4 is 5.32 Å². The summed E-state index contributed by atoms with van der Waals surface area (Å²) < 4.78 is 14.5. The predicted molar refractivity (Wildman–Crippen MR) is 75.1 cm³/mol. The Morgan fingerprint density at radius 2 is 2.06 bits per heavy atom. The van der Waals surface area contributed by atoms with E-state index in [1.807, 2.05) is 32.0 Å². The van der Waals surface area contributed by atoms with Crippen molar-refractivity contribution >= 4 is 21.6 Å². The summed E-state index contributed by atoms with van der Waals surface area (Å²) in [6.07, 6.45) is 1.75. The molecule has 0 spiro atoms. The minimum atomic E-state index is -0.218. The van der Waals surface area contributed by atoms with Gasteiger partial charge in [0.05, 0.1) is 17.9 Å². The topological polar surface area (TPSA) is 24.9 Å². The van der Waals surface area contributed by atoms with Crippen molar-refractivity contribution in [2.24, 2.45) is 0 Å². The lowest BCUT2D eigenvalue weighted by atomic mass is 10.1. The van der Waals surface area contributed by atoms with Crippen LogP contribution in [0, 0.1) is 12.7 Å². The first kappa shape index (κ1) is 13.0. The van der Waals surface area contributed by atoms with E-state index in [-0.39, 0.29) is 11.9 Å². The molecular formula is C14H14BrFN2. The van der Waals surface area contributed by atoms with Crippen molar-refractivity contribution < 1.29 is 4.39 Å². The third-order valence-corrected chi connectivity index (χ3v) is 3.22. The van der Waals surface area contributed by atoms with Crippen molar-refractivity contribution in [2.75, 3.05) is 5.32 Å². The quantitative estimate of drug-likeness (QED) is 0.905. The SMILES string of the molecule is Cc1ccc(NC(C)c2ccc(Br)cc2F)cn1. The second kappa shape index (κ2) is 5.48. The fourth-order valence-corrected chi connectivity index (χ4v) is 2.07. The van der Waals surface area contributed by atoms with Crippen molar-refractivity contribution in [1.82, 2.24) is 4.98 Å². The highest BCUT2D eigenvalue weighted by atomic mass is 79.9. The van der Waals surface area contributed by atoms with Crippen LogP contribution in [0.2, 0.25) is 0 Å². The first-order chi connectivity index (χ1) is 8.56. The maximum absolute atomic E-state index is 13.8. The van der Waals surface area contributed by atoms with Crippen LogP contribution in [0.3, 0.4) is 0 Å². The summed E-state index contributed by atoms with van der Waals surface area (Å²) in [5, 5.41) is 3.23. The van der Waals surface area contributed by atoms with Gasteiger partial charge in [0.25, 0.3) is 0 Å². The van der Waals surface area contributed by atoms with E-state index in [1.165, 1.54) is 6.07 Å². The Hall–Kier alpha value is -1.42. The normalized spacial score (nSPS) is 12.2. The zero-order chi connectivity index (χ0) is 13.1. The molecule has 0 saturated carbocycles.